The number of hydrogen-bond acceptors (Lipinski definition) is 5. The lowest BCUT2D eigenvalue weighted by atomic mass is 10.1. The van der Waals surface area contributed by atoms with E-state index >= 15 is 0 Å². The molecule has 0 aliphatic rings. The first-order valence-corrected chi connectivity index (χ1v) is 10.3. The molecule has 0 saturated carbocycles. The van der Waals surface area contributed by atoms with Crippen molar-refractivity contribution in [3.05, 3.63) is 59.2 Å². The Bertz CT molecular complexity index is 952. The number of unbranched alkanes of at least 4 members (excludes halogenated alkanes) is 1. The van der Waals surface area contributed by atoms with Crippen LogP contribution in [-0.2, 0) is 9.47 Å². The number of H-pyrrole nitrogens is 1. The molecule has 7 heteroatoms. The number of benzene rings is 2. The van der Waals surface area contributed by atoms with Gasteiger partial charge >= 0.3 is 5.97 Å². The molecule has 0 radical (unpaired) electrons. The van der Waals surface area contributed by atoms with Crippen molar-refractivity contribution < 1.29 is 19.0 Å². The highest BCUT2D eigenvalue weighted by Crippen LogP contribution is 2.28. The predicted octanol–water partition coefficient (Wildman–Crippen LogP) is 5.38. The molecular formula is C23H25ClN2O4. The summed E-state index contributed by atoms with van der Waals surface area (Å²) in [5.41, 5.74) is 2.46. The second kappa shape index (κ2) is 10.8. The first kappa shape index (κ1) is 21.9. The third kappa shape index (κ3) is 5.62. The van der Waals surface area contributed by atoms with E-state index in [1.807, 2.05) is 36.4 Å². The number of nitrogens with zero attached hydrogens (tertiary/aromatic N) is 1. The molecule has 3 aromatic rings. The molecule has 30 heavy (non-hydrogen) atoms. The monoisotopic (exact) mass is 428 g/mol. The third-order valence-corrected chi connectivity index (χ3v) is 4.69. The molecule has 0 aliphatic heterocycles. The van der Waals surface area contributed by atoms with Gasteiger partial charge in [0.05, 0.1) is 13.2 Å². The molecule has 0 amide bonds. The summed E-state index contributed by atoms with van der Waals surface area (Å²) >= 11 is 5.99. The number of esters is 1. The summed E-state index contributed by atoms with van der Waals surface area (Å²) in [4.78, 5) is 20.2. The quantitative estimate of drug-likeness (QED) is 0.346. The number of rotatable bonds is 10. The van der Waals surface area contributed by atoms with Crippen molar-refractivity contribution in [2.24, 2.45) is 0 Å². The SMILES string of the molecule is CCOC(=O)c1[nH]c(-c2ccc(OCCCCOC)cc2)nc1-c1ccc(Cl)cc1. The fraction of sp³-hybridized carbons (Fsp3) is 0.304. The molecule has 1 heterocycles. The van der Waals surface area contributed by atoms with E-state index in [-0.39, 0.29) is 6.61 Å². The average molecular weight is 429 g/mol. The van der Waals surface area contributed by atoms with Crippen molar-refractivity contribution in [3.63, 3.8) is 0 Å². The summed E-state index contributed by atoms with van der Waals surface area (Å²) in [7, 11) is 1.69. The molecule has 6 nitrogen and oxygen atoms in total. The van der Waals surface area contributed by atoms with Crippen molar-refractivity contribution in [1.82, 2.24) is 9.97 Å². The number of carbonyl (C=O) groups is 1. The smallest absolute Gasteiger partial charge is 0.357 e. The Morgan fingerprint density at radius 1 is 1.00 bits per heavy atom. The number of aromatic amines is 1. The fourth-order valence-electron chi connectivity index (χ4n) is 2.93. The highest BCUT2D eigenvalue weighted by Gasteiger charge is 2.20. The van der Waals surface area contributed by atoms with Crippen molar-refractivity contribution in [2.75, 3.05) is 26.9 Å². The van der Waals surface area contributed by atoms with Gasteiger partial charge in [0.15, 0.2) is 5.69 Å². The van der Waals surface area contributed by atoms with Crippen LogP contribution in [0, 0.1) is 0 Å². The number of aromatic nitrogens is 2. The number of hydrogen-bond donors (Lipinski definition) is 1. The van der Waals surface area contributed by atoms with Crippen LogP contribution >= 0.6 is 11.6 Å². The van der Waals surface area contributed by atoms with E-state index in [4.69, 9.17) is 25.8 Å². The summed E-state index contributed by atoms with van der Waals surface area (Å²) in [6, 6.07) is 14.8. The van der Waals surface area contributed by atoms with Gasteiger partial charge in [0.1, 0.15) is 17.3 Å². The van der Waals surface area contributed by atoms with Gasteiger partial charge in [-0.05, 0) is 56.2 Å². The Labute approximate surface area is 181 Å². The van der Waals surface area contributed by atoms with Crippen molar-refractivity contribution >= 4 is 17.6 Å². The molecule has 0 aliphatic carbocycles. The standard InChI is InChI=1S/C23H25ClN2O4/c1-3-29-23(27)21-20(16-6-10-18(24)11-7-16)25-22(26-21)17-8-12-19(13-9-17)30-15-5-4-14-28-2/h6-13H,3-5,14-15H2,1-2H3,(H,25,26). The Balaban J connectivity index is 1.81. The van der Waals surface area contributed by atoms with E-state index in [0.717, 1.165) is 36.3 Å². The number of imidazole rings is 1. The first-order chi connectivity index (χ1) is 14.6. The summed E-state index contributed by atoms with van der Waals surface area (Å²) in [6.45, 7) is 3.42. The second-order valence-electron chi connectivity index (χ2n) is 6.61. The van der Waals surface area contributed by atoms with E-state index in [1.54, 1.807) is 26.2 Å². The average Bonchev–Trinajstić information content (AvgIpc) is 3.20. The van der Waals surface area contributed by atoms with Gasteiger partial charge in [0.2, 0.25) is 0 Å². The van der Waals surface area contributed by atoms with Gasteiger partial charge in [-0.3, -0.25) is 0 Å². The van der Waals surface area contributed by atoms with Gasteiger partial charge in [0.25, 0.3) is 0 Å². The normalized spacial score (nSPS) is 10.8. The molecule has 0 bridgehead atoms. The maximum Gasteiger partial charge on any atom is 0.357 e. The van der Waals surface area contributed by atoms with Crippen LogP contribution in [0.3, 0.4) is 0 Å². The van der Waals surface area contributed by atoms with Gasteiger partial charge in [-0.15, -0.1) is 0 Å². The highest BCUT2D eigenvalue weighted by atomic mass is 35.5. The Morgan fingerprint density at radius 3 is 2.33 bits per heavy atom. The van der Waals surface area contributed by atoms with Crippen LogP contribution < -0.4 is 4.74 Å². The molecule has 1 aromatic heterocycles. The molecule has 0 unspecified atom stereocenters. The zero-order chi connectivity index (χ0) is 21.3. The van der Waals surface area contributed by atoms with E-state index in [1.165, 1.54) is 0 Å². The van der Waals surface area contributed by atoms with Gasteiger partial charge in [-0.25, -0.2) is 9.78 Å². The van der Waals surface area contributed by atoms with Gasteiger partial charge in [-0.1, -0.05) is 23.7 Å². The van der Waals surface area contributed by atoms with E-state index in [2.05, 4.69) is 9.97 Å². The minimum absolute atomic E-state index is 0.281. The summed E-state index contributed by atoms with van der Waals surface area (Å²) in [5, 5.41) is 0.616. The number of methoxy groups -OCH3 is 1. The zero-order valence-electron chi connectivity index (χ0n) is 17.1. The molecule has 158 valence electrons. The topological polar surface area (TPSA) is 73.4 Å². The van der Waals surface area contributed by atoms with Gasteiger partial charge in [0, 0.05) is 29.9 Å². The second-order valence-corrected chi connectivity index (χ2v) is 7.05. The molecule has 3 rings (SSSR count). The summed E-state index contributed by atoms with van der Waals surface area (Å²) in [5.74, 6) is 0.915. The molecule has 0 saturated heterocycles. The highest BCUT2D eigenvalue weighted by molar-refractivity contribution is 6.30. The third-order valence-electron chi connectivity index (χ3n) is 4.44. The maximum absolute atomic E-state index is 12.4. The summed E-state index contributed by atoms with van der Waals surface area (Å²) < 4.78 is 16.0. The van der Waals surface area contributed by atoms with Crippen LogP contribution in [0.1, 0.15) is 30.3 Å². The van der Waals surface area contributed by atoms with Crippen molar-refractivity contribution in [3.8, 4) is 28.4 Å². The van der Waals surface area contributed by atoms with Gasteiger partial charge in [-0.2, -0.15) is 0 Å². The Hall–Kier alpha value is -2.83. The minimum Gasteiger partial charge on any atom is -0.494 e. The Morgan fingerprint density at radius 2 is 1.67 bits per heavy atom. The van der Waals surface area contributed by atoms with Crippen LogP contribution in [0.4, 0.5) is 0 Å². The summed E-state index contributed by atoms with van der Waals surface area (Å²) in [6.07, 6.45) is 1.90. The van der Waals surface area contributed by atoms with Crippen LogP contribution in [0.5, 0.6) is 5.75 Å². The number of ether oxygens (including phenoxy) is 3. The lowest BCUT2D eigenvalue weighted by Gasteiger charge is -2.06. The lowest BCUT2D eigenvalue weighted by Crippen LogP contribution is -2.06. The molecule has 1 N–H and O–H groups in total. The fourth-order valence-corrected chi connectivity index (χ4v) is 3.05. The molecular weight excluding hydrogens is 404 g/mol. The molecule has 0 fully saturated rings. The first-order valence-electron chi connectivity index (χ1n) is 9.87. The van der Waals surface area contributed by atoms with E-state index in [0.29, 0.717) is 28.8 Å². The van der Waals surface area contributed by atoms with Crippen molar-refractivity contribution in [1.29, 1.82) is 0 Å². The number of nitrogens with one attached hydrogen (secondary N) is 1. The van der Waals surface area contributed by atoms with E-state index < -0.39 is 5.97 Å². The number of halogens is 1. The lowest BCUT2D eigenvalue weighted by molar-refractivity contribution is 0.0521. The van der Waals surface area contributed by atoms with Crippen LogP contribution in [0.25, 0.3) is 22.6 Å². The zero-order valence-corrected chi connectivity index (χ0v) is 17.9. The Kier molecular flexibility index (Phi) is 7.88. The molecule has 0 atom stereocenters. The minimum atomic E-state index is -0.447. The number of carbonyl (C=O) groups excluding carboxylic acids is 1. The van der Waals surface area contributed by atoms with Crippen LogP contribution in [0.2, 0.25) is 5.02 Å². The van der Waals surface area contributed by atoms with E-state index in [9.17, 15) is 4.79 Å². The largest absolute Gasteiger partial charge is 0.494 e. The van der Waals surface area contributed by atoms with Crippen molar-refractivity contribution in [2.45, 2.75) is 19.8 Å². The van der Waals surface area contributed by atoms with Gasteiger partial charge < -0.3 is 19.2 Å². The van der Waals surface area contributed by atoms with Crippen LogP contribution in [0.15, 0.2) is 48.5 Å². The maximum atomic E-state index is 12.4. The molecule has 2 aromatic carbocycles. The van der Waals surface area contributed by atoms with Crippen LogP contribution in [-0.4, -0.2) is 42.9 Å². The molecule has 0 spiro atoms. The predicted molar refractivity (Wildman–Crippen MR) is 117 cm³/mol.